The Kier molecular flexibility index (Phi) is 4.97. The van der Waals surface area contributed by atoms with Gasteiger partial charge in [0.05, 0.1) is 6.10 Å². The molecule has 2 nitrogen and oxygen atoms in total. The molecule has 1 saturated heterocycles. The monoisotopic (exact) mass is 313 g/mol. The van der Waals surface area contributed by atoms with Crippen LogP contribution in [0.5, 0.6) is 0 Å². The Morgan fingerprint density at radius 1 is 0.957 bits per heavy atom. The molecule has 0 aromatic heterocycles. The number of hydrogen-bond donors (Lipinski definition) is 0. The molecule has 0 spiro atoms. The van der Waals surface area contributed by atoms with Crippen LogP contribution in [0.1, 0.15) is 25.0 Å². The fourth-order valence-corrected chi connectivity index (χ4v) is 3.14. The smallest absolute Gasteiger partial charge is 0.198 e. The van der Waals surface area contributed by atoms with Crippen molar-refractivity contribution in [2.24, 2.45) is 0 Å². The van der Waals surface area contributed by atoms with Crippen molar-refractivity contribution in [3.8, 4) is 0 Å². The number of rotatable bonds is 4. The number of benzene rings is 2. The van der Waals surface area contributed by atoms with Crippen molar-refractivity contribution < 1.29 is 9.13 Å². The van der Waals surface area contributed by atoms with Crippen LogP contribution in [0, 0.1) is 0 Å². The molecule has 122 valence electrons. The molecule has 1 aliphatic heterocycles. The molecule has 1 fully saturated rings. The van der Waals surface area contributed by atoms with Crippen LogP contribution >= 0.6 is 0 Å². The summed E-state index contributed by atoms with van der Waals surface area (Å²) in [6, 6.07) is 18.7. The van der Waals surface area contributed by atoms with Crippen LogP contribution in [0.2, 0.25) is 0 Å². The topological polar surface area (TPSA) is 12.5 Å². The molecular weight excluding hydrogens is 289 g/mol. The maximum Gasteiger partial charge on any atom is 0.198 e. The summed E-state index contributed by atoms with van der Waals surface area (Å²) in [4.78, 5) is 1.81. The predicted molar refractivity (Wildman–Crippen MR) is 92.5 cm³/mol. The second kappa shape index (κ2) is 7.14. The summed E-state index contributed by atoms with van der Waals surface area (Å²) in [5.74, 6) is 0. The fourth-order valence-electron chi connectivity index (χ4n) is 3.14. The molecule has 3 rings (SSSR count). The minimum Gasteiger partial charge on any atom is -0.369 e. The maximum atomic E-state index is 14.4. The van der Waals surface area contributed by atoms with Crippen LogP contribution in [0.25, 0.3) is 0 Å². The SMILES string of the molecule is C[C@H]1CN(c2ccc(CCc3ccccc3)cc2)C(F)[C@@H](C)O1. The third-order valence-electron chi connectivity index (χ3n) is 4.40. The highest BCUT2D eigenvalue weighted by atomic mass is 19.1. The average Bonchev–Trinajstić information content (AvgIpc) is 2.58. The van der Waals surface area contributed by atoms with E-state index in [0.717, 1.165) is 18.5 Å². The van der Waals surface area contributed by atoms with Gasteiger partial charge in [0.1, 0.15) is 6.10 Å². The molecule has 1 aliphatic rings. The first-order valence-electron chi connectivity index (χ1n) is 8.32. The lowest BCUT2D eigenvalue weighted by Gasteiger charge is -2.39. The van der Waals surface area contributed by atoms with E-state index in [1.54, 1.807) is 11.8 Å². The van der Waals surface area contributed by atoms with Gasteiger partial charge in [-0.2, -0.15) is 0 Å². The summed E-state index contributed by atoms with van der Waals surface area (Å²) >= 11 is 0. The second-order valence-corrected chi connectivity index (χ2v) is 6.33. The normalized spacial score (nSPS) is 24.7. The molecule has 2 aromatic carbocycles. The summed E-state index contributed by atoms with van der Waals surface area (Å²) in [6.07, 6.45) is 0.601. The van der Waals surface area contributed by atoms with Crippen LogP contribution in [0.3, 0.4) is 0 Å². The molecule has 0 amide bonds. The van der Waals surface area contributed by atoms with Crippen LogP contribution in [0.4, 0.5) is 10.1 Å². The lowest BCUT2D eigenvalue weighted by Crippen LogP contribution is -2.51. The number of hydrogen-bond acceptors (Lipinski definition) is 2. The Morgan fingerprint density at radius 2 is 1.57 bits per heavy atom. The highest BCUT2D eigenvalue weighted by Crippen LogP contribution is 2.26. The highest BCUT2D eigenvalue weighted by Gasteiger charge is 2.32. The van der Waals surface area contributed by atoms with Gasteiger partial charge in [-0.25, -0.2) is 4.39 Å². The number of aryl methyl sites for hydroxylation is 2. The third kappa shape index (κ3) is 3.91. The Morgan fingerprint density at radius 3 is 2.22 bits per heavy atom. The Labute approximate surface area is 137 Å². The molecule has 23 heavy (non-hydrogen) atoms. The maximum absolute atomic E-state index is 14.4. The average molecular weight is 313 g/mol. The lowest BCUT2D eigenvalue weighted by molar-refractivity contribution is -0.0614. The molecule has 1 unspecified atom stereocenters. The number of ether oxygens (including phenoxy) is 1. The van der Waals surface area contributed by atoms with Crippen molar-refractivity contribution >= 4 is 5.69 Å². The minimum atomic E-state index is -1.08. The van der Waals surface area contributed by atoms with Crippen molar-refractivity contribution in [1.29, 1.82) is 0 Å². The Balaban J connectivity index is 1.64. The molecule has 0 saturated carbocycles. The van der Waals surface area contributed by atoms with Gasteiger partial charge in [-0.3, -0.25) is 0 Å². The number of nitrogens with zero attached hydrogens (tertiary/aromatic N) is 1. The number of halogens is 1. The van der Waals surface area contributed by atoms with E-state index in [2.05, 4.69) is 36.4 Å². The first-order valence-corrected chi connectivity index (χ1v) is 8.32. The first kappa shape index (κ1) is 16.0. The van der Waals surface area contributed by atoms with Crippen LogP contribution in [-0.4, -0.2) is 25.0 Å². The van der Waals surface area contributed by atoms with Gasteiger partial charge in [0.25, 0.3) is 0 Å². The second-order valence-electron chi connectivity index (χ2n) is 6.33. The van der Waals surface area contributed by atoms with E-state index in [4.69, 9.17) is 4.74 Å². The van der Waals surface area contributed by atoms with Crippen LogP contribution in [-0.2, 0) is 17.6 Å². The van der Waals surface area contributed by atoms with Crippen LogP contribution in [0.15, 0.2) is 54.6 Å². The van der Waals surface area contributed by atoms with E-state index in [1.807, 2.05) is 25.1 Å². The van der Waals surface area contributed by atoms with Gasteiger partial charge in [-0.15, -0.1) is 0 Å². The van der Waals surface area contributed by atoms with Gasteiger partial charge in [-0.05, 0) is 49.9 Å². The van der Waals surface area contributed by atoms with Crippen molar-refractivity contribution in [1.82, 2.24) is 0 Å². The minimum absolute atomic E-state index is 0.0507. The van der Waals surface area contributed by atoms with Crippen molar-refractivity contribution in [2.75, 3.05) is 11.4 Å². The predicted octanol–water partition coefficient (Wildman–Crippen LogP) is 4.38. The molecule has 1 heterocycles. The van der Waals surface area contributed by atoms with Gasteiger partial charge in [0.15, 0.2) is 6.30 Å². The standard InChI is InChI=1S/C20H24FNO/c1-15-14-22(20(21)16(2)23-15)19-12-10-18(11-13-19)9-8-17-6-4-3-5-7-17/h3-7,10-13,15-16,20H,8-9,14H2,1-2H3/t15-,16+,20?/m0/s1. The summed E-state index contributed by atoms with van der Waals surface area (Å²) in [5.41, 5.74) is 3.56. The third-order valence-corrected chi connectivity index (χ3v) is 4.40. The number of morpholine rings is 1. The molecular formula is C20H24FNO. The molecule has 0 aliphatic carbocycles. The largest absolute Gasteiger partial charge is 0.369 e. The zero-order valence-corrected chi connectivity index (χ0v) is 13.8. The van der Waals surface area contributed by atoms with E-state index in [9.17, 15) is 4.39 Å². The number of anilines is 1. The van der Waals surface area contributed by atoms with E-state index >= 15 is 0 Å². The van der Waals surface area contributed by atoms with Crippen molar-refractivity contribution in [3.05, 3.63) is 65.7 Å². The van der Waals surface area contributed by atoms with Gasteiger partial charge in [0.2, 0.25) is 0 Å². The summed E-state index contributed by atoms with van der Waals surface area (Å²) in [7, 11) is 0. The van der Waals surface area contributed by atoms with Gasteiger partial charge >= 0.3 is 0 Å². The zero-order valence-electron chi connectivity index (χ0n) is 13.8. The summed E-state index contributed by atoms with van der Waals surface area (Å²) in [6.45, 7) is 4.38. The fraction of sp³-hybridized carbons (Fsp3) is 0.400. The Bertz CT molecular complexity index is 613. The number of alkyl halides is 1. The van der Waals surface area contributed by atoms with E-state index in [-0.39, 0.29) is 6.10 Å². The van der Waals surface area contributed by atoms with Crippen molar-refractivity contribution in [3.63, 3.8) is 0 Å². The zero-order chi connectivity index (χ0) is 16.2. The Hall–Kier alpha value is -1.87. The quantitative estimate of drug-likeness (QED) is 0.777. The lowest BCUT2D eigenvalue weighted by atomic mass is 10.0. The molecule has 3 heteroatoms. The van der Waals surface area contributed by atoms with E-state index < -0.39 is 12.4 Å². The van der Waals surface area contributed by atoms with Gasteiger partial charge in [-0.1, -0.05) is 42.5 Å². The molecule has 3 atom stereocenters. The van der Waals surface area contributed by atoms with Crippen molar-refractivity contribution in [2.45, 2.75) is 45.2 Å². The van der Waals surface area contributed by atoms with Gasteiger partial charge < -0.3 is 9.64 Å². The first-order chi connectivity index (χ1) is 11.1. The van der Waals surface area contributed by atoms with E-state index in [0.29, 0.717) is 6.54 Å². The molecule has 2 aromatic rings. The molecule has 0 bridgehead atoms. The van der Waals surface area contributed by atoms with Crippen LogP contribution < -0.4 is 4.90 Å². The molecule has 0 N–H and O–H groups in total. The summed E-state index contributed by atoms with van der Waals surface area (Å²) in [5, 5.41) is 0. The summed E-state index contributed by atoms with van der Waals surface area (Å²) < 4.78 is 19.9. The van der Waals surface area contributed by atoms with Gasteiger partial charge in [0, 0.05) is 12.2 Å². The highest BCUT2D eigenvalue weighted by molar-refractivity contribution is 5.49. The molecule has 0 radical (unpaired) electrons. The van der Waals surface area contributed by atoms with E-state index in [1.165, 1.54) is 11.1 Å².